The standard InChI is InChI=1S/C19H22ClN3O2/c20-15-6-4-14(5-7-15)3-1-10-22-19(21)23-16-8-9-17-18(13-16)25-12-2-11-24-17/h4-9,13H,1-3,10-12H2,(H3,21,22,23). The summed E-state index contributed by atoms with van der Waals surface area (Å²) in [6.45, 7) is 1.99. The van der Waals surface area contributed by atoms with E-state index in [1.165, 1.54) is 5.56 Å². The Kier molecular flexibility index (Phi) is 6.01. The molecule has 0 saturated heterocycles. The highest BCUT2D eigenvalue weighted by Gasteiger charge is 2.10. The van der Waals surface area contributed by atoms with Gasteiger partial charge in [-0.05, 0) is 42.7 Å². The molecule has 1 aliphatic heterocycles. The van der Waals surface area contributed by atoms with Gasteiger partial charge in [0.15, 0.2) is 17.5 Å². The first kappa shape index (κ1) is 17.4. The van der Waals surface area contributed by atoms with Crippen LogP contribution in [0.1, 0.15) is 18.4 Å². The predicted molar refractivity (Wildman–Crippen MR) is 102 cm³/mol. The summed E-state index contributed by atoms with van der Waals surface area (Å²) in [6, 6.07) is 13.5. The summed E-state index contributed by atoms with van der Waals surface area (Å²) in [5, 5.41) is 3.85. The fraction of sp³-hybridized carbons (Fsp3) is 0.316. The Labute approximate surface area is 152 Å². The Hall–Kier alpha value is -2.40. The molecular formula is C19H22ClN3O2. The smallest absolute Gasteiger partial charge is 0.193 e. The molecule has 0 fully saturated rings. The molecule has 0 bridgehead atoms. The van der Waals surface area contributed by atoms with Crippen molar-refractivity contribution in [2.24, 2.45) is 10.7 Å². The van der Waals surface area contributed by atoms with Crippen LogP contribution in [0.3, 0.4) is 0 Å². The van der Waals surface area contributed by atoms with Crippen LogP contribution in [0.15, 0.2) is 47.5 Å². The summed E-state index contributed by atoms with van der Waals surface area (Å²) in [5.41, 5.74) is 8.04. The second-order valence-corrected chi connectivity index (χ2v) is 6.27. The Morgan fingerprint density at radius 2 is 1.84 bits per heavy atom. The minimum Gasteiger partial charge on any atom is -0.490 e. The molecule has 5 nitrogen and oxygen atoms in total. The van der Waals surface area contributed by atoms with Crippen LogP contribution in [0.5, 0.6) is 11.5 Å². The van der Waals surface area contributed by atoms with Crippen molar-refractivity contribution in [3.05, 3.63) is 53.1 Å². The van der Waals surface area contributed by atoms with Gasteiger partial charge < -0.3 is 20.5 Å². The maximum atomic E-state index is 5.96. The molecule has 0 aromatic heterocycles. The number of benzene rings is 2. The molecule has 0 aliphatic carbocycles. The number of nitrogens with zero attached hydrogens (tertiary/aromatic N) is 1. The largest absolute Gasteiger partial charge is 0.490 e. The van der Waals surface area contributed by atoms with Crippen LogP contribution in [0, 0.1) is 0 Å². The average molecular weight is 360 g/mol. The van der Waals surface area contributed by atoms with Gasteiger partial charge in [0.25, 0.3) is 0 Å². The Bertz CT molecular complexity index is 732. The van der Waals surface area contributed by atoms with E-state index in [-0.39, 0.29) is 0 Å². The molecule has 0 atom stereocenters. The first-order valence-corrected chi connectivity index (χ1v) is 8.79. The van der Waals surface area contributed by atoms with Gasteiger partial charge in [0.1, 0.15) is 0 Å². The van der Waals surface area contributed by atoms with Gasteiger partial charge in [-0.3, -0.25) is 4.99 Å². The van der Waals surface area contributed by atoms with E-state index >= 15 is 0 Å². The van der Waals surface area contributed by atoms with Crippen LogP contribution >= 0.6 is 11.6 Å². The number of fused-ring (bicyclic) bond motifs is 1. The van der Waals surface area contributed by atoms with Crippen LogP contribution in [-0.2, 0) is 6.42 Å². The number of aliphatic imine (C=N–C) groups is 1. The van der Waals surface area contributed by atoms with Gasteiger partial charge in [0, 0.05) is 29.7 Å². The first-order chi connectivity index (χ1) is 12.2. The van der Waals surface area contributed by atoms with Gasteiger partial charge in [-0.1, -0.05) is 23.7 Å². The topological polar surface area (TPSA) is 68.9 Å². The molecule has 1 aliphatic rings. The van der Waals surface area contributed by atoms with Crippen molar-refractivity contribution in [3.63, 3.8) is 0 Å². The molecule has 0 spiro atoms. The van der Waals surface area contributed by atoms with Crippen molar-refractivity contribution in [2.75, 3.05) is 25.1 Å². The number of halogens is 1. The number of ether oxygens (including phenoxy) is 2. The van der Waals surface area contributed by atoms with E-state index in [1.54, 1.807) is 0 Å². The van der Waals surface area contributed by atoms with Crippen molar-refractivity contribution in [1.82, 2.24) is 0 Å². The number of rotatable bonds is 5. The molecule has 2 aromatic rings. The zero-order chi connectivity index (χ0) is 17.5. The molecular weight excluding hydrogens is 338 g/mol. The number of anilines is 1. The highest BCUT2D eigenvalue weighted by molar-refractivity contribution is 6.30. The van der Waals surface area contributed by atoms with Crippen molar-refractivity contribution in [1.29, 1.82) is 0 Å². The minimum atomic E-state index is 0.394. The third-order valence-corrected chi connectivity index (χ3v) is 4.09. The van der Waals surface area contributed by atoms with Crippen molar-refractivity contribution in [2.45, 2.75) is 19.3 Å². The first-order valence-electron chi connectivity index (χ1n) is 8.42. The second kappa shape index (κ2) is 8.62. The van der Waals surface area contributed by atoms with E-state index < -0.39 is 0 Å². The van der Waals surface area contributed by atoms with E-state index in [0.717, 1.165) is 41.5 Å². The third kappa shape index (κ3) is 5.29. The van der Waals surface area contributed by atoms with Crippen molar-refractivity contribution < 1.29 is 9.47 Å². The third-order valence-electron chi connectivity index (χ3n) is 3.84. The summed E-state index contributed by atoms with van der Waals surface area (Å²) >= 11 is 5.88. The van der Waals surface area contributed by atoms with Crippen LogP contribution in [0.25, 0.3) is 0 Å². The van der Waals surface area contributed by atoms with Crippen LogP contribution in [-0.4, -0.2) is 25.7 Å². The number of nitrogens with two attached hydrogens (primary N) is 1. The Morgan fingerprint density at radius 1 is 1.08 bits per heavy atom. The van der Waals surface area contributed by atoms with Gasteiger partial charge in [-0.15, -0.1) is 0 Å². The maximum absolute atomic E-state index is 5.96. The van der Waals surface area contributed by atoms with E-state index in [0.29, 0.717) is 25.7 Å². The second-order valence-electron chi connectivity index (χ2n) is 5.83. The fourth-order valence-corrected chi connectivity index (χ4v) is 2.69. The molecule has 0 unspecified atom stereocenters. The summed E-state index contributed by atoms with van der Waals surface area (Å²) in [7, 11) is 0. The van der Waals surface area contributed by atoms with E-state index in [2.05, 4.69) is 10.3 Å². The SMILES string of the molecule is NC(=NCCCc1ccc(Cl)cc1)Nc1ccc2c(c1)OCCCO2. The molecule has 0 radical (unpaired) electrons. The molecule has 6 heteroatoms. The normalized spacial score (nSPS) is 14.0. The molecule has 132 valence electrons. The van der Waals surface area contributed by atoms with E-state index in [4.69, 9.17) is 26.8 Å². The lowest BCUT2D eigenvalue weighted by Gasteiger charge is -2.10. The van der Waals surface area contributed by atoms with Crippen molar-refractivity contribution in [3.8, 4) is 11.5 Å². The average Bonchev–Trinajstić information content (AvgIpc) is 2.85. The molecule has 3 rings (SSSR count). The van der Waals surface area contributed by atoms with Gasteiger partial charge in [0.2, 0.25) is 0 Å². The molecule has 1 heterocycles. The summed E-state index contributed by atoms with van der Waals surface area (Å²) in [4.78, 5) is 4.37. The van der Waals surface area contributed by atoms with Gasteiger partial charge in [0.05, 0.1) is 13.2 Å². The van der Waals surface area contributed by atoms with Crippen molar-refractivity contribution >= 4 is 23.2 Å². The number of guanidine groups is 1. The highest BCUT2D eigenvalue weighted by atomic mass is 35.5. The van der Waals surface area contributed by atoms with Crippen LogP contribution < -0.4 is 20.5 Å². The van der Waals surface area contributed by atoms with Gasteiger partial charge in [-0.25, -0.2) is 0 Å². The molecule has 3 N–H and O–H groups in total. The predicted octanol–water partition coefficient (Wildman–Crippen LogP) is 3.86. The number of hydrogen-bond acceptors (Lipinski definition) is 3. The highest BCUT2D eigenvalue weighted by Crippen LogP contribution is 2.32. The fourth-order valence-electron chi connectivity index (χ4n) is 2.56. The number of hydrogen-bond donors (Lipinski definition) is 2. The van der Waals surface area contributed by atoms with E-state index in [1.807, 2.05) is 42.5 Å². The van der Waals surface area contributed by atoms with Crippen LogP contribution in [0.2, 0.25) is 5.02 Å². The lowest BCUT2D eigenvalue weighted by Crippen LogP contribution is -2.22. The van der Waals surface area contributed by atoms with Crippen LogP contribution in [0.4, 0.5) is 5.69 Å². The molecule has 25 heavy (non-hydrogen) atoms. The lowest BCUT2D eigenvalue weighted by atomic mass is 10.1. The zero-order valence-corrected chi connectivity index (χ0v) is 14.8. The lowest BCUT2D eigenvalue weighted by molar-refractivity contribution is 0.297. The molecule has 0 amide bonds. The number of nitrogens with one attached hydrogen (secondary N) is 1. The summed E-state index contributed by atoms with van der Waals surface area (Å²) < 4.78 is 11.3. The minimum absolute atomic E-state index is 0.394. The van der Waals surface area contributed by atoms with Gasteiger partial charge in [-0.2, -0.15) is 0 Å². The monoisotopic (exact) mass is 359 g/mol. The van der Waals surface area contributed by atoms with E-state index in [9.17, 15) is 0 Å². The Morgan fingerprint density at radius 3 is 2.64 bits per heavy atom. The molecule has 0 saturated carbocycles. The summed E-state index contributed by atoms with van der Waals surface area (Å²) in [6.07, 6.45) is 2.75. The quantitative estimate of drug-likeness (QED) is 0.483. The maximum Gasteiger partial charge on any atom is 0.193 e. The Balaban J connectivity index is 1.49. The molecule has 2 aromatic carbocycles. The van der Waals surface area contributed by atoms with Gasteiger partial charge >= 0.3 is 0 Å². The number of aryl methyl sites for hydroxylation is 1. The zero-order valence-electron chi connectivity index (χ0n) is 14.0. The summed E-state index contributed by atoms with van der Waals surface area (Å²) in [5.74, 6) is 1.89.